The lowest BCUT2D eigenvalue weighted by Crippen LogP contribution is -2.25. The molecule has 0 radical (unpaired) electrons. The van der Waals surface area contributed by atoms with Crippen LogP contribution in [0.5, 0.6) is 0 Å². The third-order valence-electron chi connectivity index (χ3n) is 2.32. The molecule has 2 aromatic heterocycles. The van der Waals surface area contributed by atoms with Crippen molar-refractivity contribution in [2.24, 2.45) is 0 Å². The normalized spacial score (nSPS) is 10.1. The number of aromatic amines is 1. The zero-order valence-electron chi connectivity index (χ0n) is 9.80. The SMILES string of the molecule is Cc1cc(CNC(=O)c2c[nH]c(=O)cn2)ccn1. The van der Waals surface area contributed by atoms with Crippen molar-refractivity contribution in [2.45, 2.75) is 13.5 Å². The molecule has 6 heteroatoms. The number of pyridine rings is 1. The van der Waals surface area contributed by atoms with Gasteiger partial charge in [-0.25, -0.2) is 4.98 Å². The molecule has 6 nitrogen and oxygen atoms in total. The highest BCUT2D eigenvalue weighted by atomic mass is 16.2. The number of H-pyrrole nitrogens is 1. The minimum atomic E-state index is -0.337. The predicted molar refractivity (Wildman–Crippen MR) is 65.0 cm³/mol. The molecule has 0 fully saturated rings. The minimum Gasteiger partial charge on any atom is -0.347 e. The van der Waals surface area contributed by atoms with Gasteiger partial charge in [-0.2, -0.15) is 0 Å². The van der Waals surface area contributed by atoms with Gasteiger partial charge in [0.15, 0.2) is 0 Å². The molecule has 92 valence electrons. The molecular weight excluding hydrogens is 232 g/mol. The van der Waals surface area contributed by atoms with Gasteiger partial charge < -0.3 is 10.3 Å². The highest BCUT2D eigenvalue weighted by Crippen LogP contribution is 2.00. The molecular formula is C12H12N4O2. The first kappa shape index (κ1) is 12.0. The van der Waals surface area contributed by atoms with Crippen molar-refractivity contribution in [1.29, 1.82) is 0 Å². The molecule has 0 bridgehead atoms. The second-order valence-corrected chi connectivity index (χ2v) is 3.78. The molecule has 0 spiro atoms. The highest BCUT2D eigenvalue weighted by molar-refractivity contribution is 5.91. The van der Waals surface area contributed by atoms with E-state index in [0.29, 0.717) is 6.54 Å². The van der Waals surface area contributed by atoms with Gasteiger partial charge in [-0.05, 0) is 24.6 Å². The molecule has 0 aromatic carbocycles. The zero-order valence-corrected chi connectivity index (χ0v) is 9.80. The number of aromatic nitrogens is 3. The Morgan fingerprint density at radius 3 is 2.94 bits per heavy atom. The van der Waals surface area contributed by atoms with Crippen molar-refractivity contribution in [3.63, 3.8) is 0 Å². The molecule has 0 aliphatic heterocycles. The average molecular weight is 244 g/mol. The number of rotatable bonds is 3. The summed E-state index contributed by atoms with van der Waals surface area (Å²) >= 11 is 0. The number of hydrogen-bond acceptors (Lipinski definition) is 4. The van der Waals surface area contributed by atoms with Crippen LogP contribution in [0.25, 0.3) is 0 Å². The van der Waals surface area contributed by atoms with Crippen molar-refractivity contribution in [1.82, 2.24) is 20.3 Å². The summed E-state index contributed by atoms with van der Waals surface area (Å²) in [5.74, 6) is -0.333. The summed E-state index contributed by atoms with van der Waals surface area (Å²) < 4.78 is 0. The molecule has 0 aliphatic carbocycles. The van der Waals surface area contributed by atoms with E-state index in [2.05, 4.69) is 20.3 Å². The average Bonchev–Trinajstić information content (AvgIpc) is 2.37. The molecule has 0 saturated carbocycles. The Labute approximate surface area is 103 Å². The van der Waals surface area contributed by atoms with E-state index in [0.717, 1.165) is 17.5 Å². The fraction of sp³-hybridized carbons (Fsp3) is 0.167. The van der Waals surface area contributed by atoms with Gasteiger partial charge in [-0.3, -0.25) is 14.6 Å². The standard InChI is InChI=1S/C12H12N4O2/c1-8-4-9(2-3-13-8)5-16-12(18)10-6-15-11(17)7-14-10/h2-4,6-7H,5H2,1H3,(H,15,17)(H,16,18). The Morgan fingerprint density at radius 2 is 2.28 bits per heavy atom. The van der Waals surface area contributed by atoms with Crippen LogP contribution < -0.4 is 10.9 Å². The van der Waals surface area contributed by atoms with Crippen molar-refractivity contribution < 1.29 is 4.79 Å². The molecule has 0 saturated heterocycles. The summed E-state index contributed by atoms with van der Waals surface area (Å²) in [6.07, 6.45) is 4.05. The largest absolute Gasteiger partial charge is 0.347 e. The monoisotopic (exact) mass is 244 g/mol. The van der Waals surface area contributed by atoms with Crippen LogP contribution in [-0.4, -0.2) is 20.9 Å². The fourth-order valence-electron chi connectivity index (χ4n) is 1.45. The quantitative estimate of drug-likeness (QED) is 0.818. The van der Waals surface area contributed by atoms with Crippen LogP contribution in [0.4, 0.5) is 0 Å². The van der Waals surface area contributed by atoms with Crippen LogP contribution in [0, 0.1) is 6.92 Å². The van der Waals surface area contributed by atoms with Crippen LogP contribution in [-0.2, 0) is 6.54 Å². The van der Waals surface area contributed by atoms with Crippen LogP contribution in [0.15, 0.2) is 35.5 Å². The van der Waals surface area contributed by atoms with E-state index < -0.39 is 0 Å². The Balaban J connectivity index is 2.00. The molecule has 2 rings (SSSR count). The first-order valence-corrected chi connectivity index (χ1v) is 5.39. The van der Waals surface area contributed by atoms with Crippen LogP contribution in [0.3, 0.4) is 0 Å². The Hall–Kier alpha value is -2.50. The van der Waals surface area contributed by atoms with Gasteiger partial charge in [-0.15, -0.1) is 0 Å². The molecule has 0 atom stereocenters. The van der Waals surface area contributed by atoms with Gasteiger partial charge in [0, 0.05) is 24.6 Å². The maximum absolute atomic E-state index is 11.7. The van der Waals surface area contributed by atoms with E-state index in [-0.39, 0.29) is 17.2 Å². The van der Waals surface area contributed by atoms with E-state index in [9.17, 15) is 9.59 Å². The van der Waals surface area contributed by atoms with Gasteiger partial charge in [-0.1, -0.05) is 0 Å². The smallest absolute Gasteiger partial charge is 0.271 e. The summed E-state index contributed by atoms with van der Waals surface area (Å²) in [4.78, 5) is 32.7. The van der Waals surface area contributed by atoms with E-state index >= 15 is 0 Å². The second kappa shape index (κ2) is 5.22. The summed E-state index contributed by atoms with van der Waals surface area (Å²) in [6, 6.07) is 3.72. The van der Waals surface area contributed by atoms with Gasteiger partial charge in [0.25, 0.3) is 11.5 Å². The van der Waals surface area contributed by atoms with Crippen LogP contribution in [0.1, 0.15) is 21.7 Å². The second-order valence-electron chi connectivity index (χ2n) is 3.78. The minimum absolute atomic E-state index is 0.181. The third kappa shape index (κ3) is 3.00. The molecule has 2 N–H and O–H groups in total. The molecule has 0 unspecified atom stereocenters. The summed E-state index contributed by atoms with van der Waals surface area (Å²) in [7, 11) is 0. The fourth-order valence-corrected chi connectivity index (χ4v) is 1.45. The van der Waals surface area contributed by atoms with Gasteiger partial charge in [0.2, 0.25) is 0 Å². The summed E-state index contributed by atoms with van der Waals surface area (Å²) in [5, 5.41) is 2.71. The zero-order chi connectivity index (χ0) is 13.0. The number of aryl methyl sites for hydroxylation is 1. The molecule has 0 aliphatic rings. The van der Waals surface area contributed by atoms with Crippen molar-refractivity contribution in [2.75, 3.05) is 0 Å². The van der Waals surface area contributed by atoms with Crippen molar-refractivity contribution >= 4 is 5.91 Å². The Bertz CT molecular complexity index is 601. The Kier molecular flexibility index (Phi) is 3.47. The lowest BCUT2D eigenvalue weighted by molar-refractivity contribution is 0.0945. The van der Waals surface area contributed by atoms with Crippen LogP contribution in [0.2, 0.25) is 0 Å². The van der Waals surface area contributed by atoms with Crippen molar-refractivity contribution in [3.8, 4) is 0 Å². The molecule has 1 amide bonds. The number of hydrogen-bond donors (Lipinski definition) is 2. The number of carbonyl (C=O) groups excluding carboxylic acids is 1. The van der Waals surface area contributed by atoms with Crippen LogP contribution >= 0.6 is 0 Å². The van der Waals surface area contributed by atoms with E-state index in [1.807, 2.05) is 19.1 Å². The van der Waals surface area contributed by atoms with Gasteiger partial charge in [0.05, 0.1) is 6.20 Å². The first-order chi connectivity index (χ1) is 8.65. The van der Waals surface area contributed by atoms with E-state index in [1.165, 1.54) is 6.20 Å². The van der Waals surface area contributed by atoms with Crippen molar-refractivity contribution in [3.05, 3.63) is 58.0 Å². The number of nitrogens with zero attached hydrogens (tertiary/aromatic N) is 2. The molecule has 2 aromatic rings. The highest BCUT2D eigenvalue weighted by Gasteiger charge is 2.06. The van der Waals surface area contributed by atoms with E-state index in [4.69, 9.17) is 0 Å². The maximum Gasteiger partial charge on any atom is 0.271 e. The summed E-state index contributed by atoms with van der Waals surface area (Å²) in [6.45, 7) is 2.28. The molecule has 2 heterocycles. The van der Waals surface area contributed by atoms with E-state index in [1.54, 1.807) is 6.20 Å². The Morgan fingerprint density at radius 1 is 1.44 bits per heavy atom. The lowest BCUT2D eigenvalue weighted by atomic mass is 10.2. The summed E-state index contributed by atoms with van der Waals surface area (Å²) in [5.41, 5.74) is 1.70. The topological polar surface area (TPSA) is 87.7 Å². The predicted octanol–water partition coefficient (Wildman–Crippen LogP) is 0.403. The first-order valence-electron chi connectivity index (χ1n) is 5.39. The molecule has 18 heavy (non-hydrogen) atoms. The number of amides is 1. The number of nitrogens with one attached hydrogen (secondary N) is 2. The maximum atomic E-state index is 11.7. The number of carbonyl (C=O) groups is 1. The third-order valence-corrected chi connectivity index (χ3v) is 2.32. The lowest BCUT2D eigenvalue weighted by Gasteiger charge is -2.04. The van der Waals surface area contributed by atoms with Gasteiger partial charge in [0.1, 0.15) is 5.69 Å². The van der Waals surface area contributed by atoms with Gasteiger partial charge >= 0.3 is 0 Å².